The molecule has 2 rings (SSSR count). The van der Waals surface area contributed by atoms with E-state index in [1.807, 2.05) is 25.1 Å². The number of alkyl halides is 1. The molecule has 0 saturated heterocycles. The molecule has 2 aromatic rings. The standard InChI is InChI=1S/C18H20Cl2/c1-12(2)11-14-7-9-15(10-8-14)18(20)16-5-4-6-17(19)13(16)3/h4-10,12,18H,11H2,1-3H3. The van der Waals surface area contributed by atoms with E-state index >= 15 is 0 Å². The van der Waals surface area contributed by atoms with E-state index in [-0.39, 0.29) is 5.38 Å². The molecule has 0 fully saturated rings. The van der Waals surface area contributed by atoms with Gasteiger partial charge in [-0.1, -0.05) is 61.8 Å². The molecule has 2 aromatic carbocycles. The minimum absolute atomic E-state index is 0.151. The molecule has 0 amide bonds. The van der Waals surface area contributed by atoms with Crippen molar-refractivity contribution in [1.29, 1.82) is 0 Å². The van der Waals surface area contributed by atoms with Crippen LogP contribution < -0.4 is 0 Å². The third-order valence-corrected chi connectivity index (χ3v) is 4.40. The van der Waals surface area contributed by atoms with Gasteiger partial charge in [-0.2, -0.15) is 0 Å². The van der Waals surface area contributed by atoms with Crippen LogP contribution in [-0.4, -0.2) is 0 Å². The van der Waals surface area contributed by atoms with Gasteiger partial charge in [-0.3, -0.25) is 0 Å². The molecule has 1 unspecified atom stereocenters. The summed E-state index contributed by atoms with van der Waals surface area (Å²) in [5.41, 5.74) is 4.61. The van der Waals surface area contributed by atoms with Crippen LogP contribution >= 0.6 is 23.2 Å². The first-order valence-corrected chi connectivity index (χ1v) is 7.78. The summed E-state index contributed by atoms with van der Waals surface area (Å²) < 4.78 is 0. The molecule has 2 heteroatoms. The van der Waals surface area contributed by atoms with Gasteiger partial charge in [0.2, 0.25) is 0 Å². The fourth-order valence-corrected chi connectivity index (χ4v) is 2.94. The lowest BCUT2D eigenvalue weighted by atomic mass is 9.97. The number of rotatable bonds is 4. The Kier molecular flexibility index (Phi) is 5.12. The number of hydrogen-bond acceptors (Lipinski definition) is 0. The van der Waals surface area contributed by atoms with Gasteiger partial charge >= 0.3 is 0 Å². The van der Waals surface area contributed by atoms with Crippen LogP contribution in [-0.2, 0) is 6.42 Å². The Morgan fingerprint density at radius 1 is 1.00 bits per heavy atom. The number of hydrogen-bond donors (Lipinski definition) is 0. The zero-order chi connectivity index (χ0) is 14.7. The van der Waals surface area contributed by atoms with E-state index in [0.717, 1.165) is 28.1 Å². The second-order valence-electron chi connectivity index (χ2n) is 5.66. The van der Waals surface area contributed by atoms with Crippen LogP contribution in [0.15, 0.2) is 42.5 Å². The van der Waals surface area contributed by atoms with Crippen molar-refractivity contribution < 1.29 is 0 Å². The van der Waals surface area contributed by atoms with Crippen molar-refractivity contribution in [2.75, 3.05) is 0 Å². The molecular weight excluding hydrogens is 287 g/mol. The lowest BCUT2D eigenvalue weighted by molar-refractivity contribution is 0.647. The zero-order valence-corrected chi connectivity index (χ0v) is 13.7. The Balaban J connectivity index is 2.25. The minimum atomic E-state index is -0.151. The lowest BCUT2D eigenvalue weighted by Gasteiger charge is -2.15. The van der Waals surface area contributed by atoms with E-state index in [1.165, 1.54) is 5.56 Å². The molecule has 0 aliphatic carbocycles. The van der Waals surface area contributed by atoms with Gasteiger partial charge in [0.15, 0.2) is 0 Å². The predicted octanol–water partition coefficient (Wildman–Crippen LogP) is 6.18. The Hall–Kier alpha value is -0.980. The summed E-state index contributed by atoms with van der Waals surface area (Å²) in [4.78, 5) is 0. The first kappa shape index (κ1) is 15.4. The fraction of sp³-hybridized carbons (Fsp3) is 0.333. The highest BCUT2D eigenvalue weighted by molar-refractivity contribution is 6.31. The van der Waals surface area contributed by atoms with Crippen molar-refractivity contribution in [3.05, 3.63) is 69.7 Å². The van der Waals surface area contributed by atoms with E-state index in [0.29, 0.717) is 5.92 Å². The topological polar surface area (TPSA) is 0 Å². The predicted molar refractivity (Wildman–Crippen MR) is 88.9 cm³/mol. The second-order valence-corrected chi connectivity index (χ2v) is 6.50. The summed E-state index contributed by atoms with van der Waals surface area (Å²) >= 11 is 12.8. The van der Waals surface area contributed by atoms with E-state index in [1.54, 1.807) is 0 Å². The molecule has 1 atom stereocenters. The highest BCUT2D eigenvalue weighted by atomic mass is 35.5. The maximum absolute atomic E-state index is 6.61. The maximum Gasteiger partial charge on any atom is 0.0838 e. The normalized spacial score (nSPS) is 12.7. The van der Waals surface area contributed by atoms with E-state index < -0.39 is 0 Å². The third kappa shape index (κ3) is 3.56. The van der Waals surface area contributed by atoms with Gasteiger partial charge in [0.05, 0.1) is 5.38 Å². The second kappa shape index (κ2) is 6.65. The third-order valence-electron chi connectivity index (χ3n) is 3.50. The van der Waals surface area contributed by atoms with Crippen molar-refractivity contribution in [2.45, 2.75) is 32.6 Å². The summed E-state index contributed by atoms with van der Waals surface area (Å²) in [6, 6.07) is 14.5. The van der Waals surface area contributed by atoms with Gasteiger partial charge in [-0.15, -0.1) is 11.6 Å². The van der Waals surface area contributed by atoms with Crippen molar-refractivity contribution >= 4 is 23.2 Å². The number of benzene rings is 2. The van der Waals surface area contributed by atoms with Gasteiger partial charge in [0.25, 0.3) is 0 Å². The molecule has 0 aliphatic heterocycles. The molecule has 0 bridgehead atoms. The van der Waals surface area contributed by atoms with Gasteiger partial charge < -0.3 is 0 Å². The van der Waals surface area contributed by atoms with Crippen LogP contribution in [0.3, 0.4) is 0 Å². The summed E-state index contributed by atoms with van der Waals surface area (Å²) in [5, 5.41) is 0.617. The Morgan fingerprint density at radius 2 is 1.65 bits per heavy atom. The molecule has 0 N–H and O–H groups in total. The monoisotopic (exact) mass is 306 g/mol. The summed E-state index contributed by atoms with van der Waals surface area (Å²) in [7, 11) is 0. The van der Waals surface area contributed by atoms with Crippen LogP contribution in [0.25, 0.3) is 0 Å². The Labute approximate surface area is 131 Å². The highest BCUT2D eigenvalue weighted by Crippen LogP contribution is 2.33. The summed E-state index contributed by atoms with van der Waals surface area (Å²) in [6.07, 6.45) is 1.10. The summed E-state index contributed by atoms with van der Waals surface area (Å²) in [6.45, 7) is 6.47. The fourth-order valence-electron chi connectivity index (χ4n) is 2.37. The number of halogens is 2. The van der Waals surface area contributed by atoms with Crippen LogP contribution in [0.4, 0.5) is 0 Å². The lowest BCUT2D eigenvalue weighted by Crippen LogP contribution is -1.98. The van der Waals surface area contributed by atoms with Crippen LogP contribution in [0, 0.1) is 12.8 Å². The molecule has 0 spiro atoms. The van der Waals surface area contributed by atoms with Crippen LogP contribution in [0.2, 0.25) is 5.02 Å². The van der Waals surface area contributed by atoms with Gasteiger partial charge in [0, 0.05) is 5.02 Å². The summed E-state index contributed by atoms with van der Waals surface area (Å²) in [5.74, 6) is 0.669. The van der Waals surface area contributed by atoms with Crippen molar-refractivity contribution in [3.63, 3.8) is 0 Å². The Morgan fingerprint density at radius 3 is 2.25 bits per heavy atom. The Bertz CT molecular complexity index is 570. The average Bonchev–Trinajstić information content (AvgIpc) is 2.41. The smallest absolute Gasteiger partial charge is 0.0838 e. The molecule has 0 nitrogen and oxygen atoms in total. The minimum Gasteiger partial charge on any atom is -0.113 e. The zero-order valence-electron chi connectivity index (χ0n) is 12.2. The molecule has 20 heavy (non-hydrogen) atoms. The molecule has 0 aliphatic rings. The first-order chi connectivity index (χ1) is 9.49. The van der Waals surface area contributed by atoms with Gasteiger partial charge in [-0.25, -0.2) is 0 Å². The molecule has 0 radical (unpaired) electrons. The quantitative estimate of drug-likeness (QED) is 0.592. The average molecular weight is 307 g/mol. The molecule has 0 saturated carbocycles. The largest absolute Gasteiger partial charge is 0.113 e. The molecule has 0 aromatic heterocycles. The molecule has 106 valence electrons. The molecule has 0 heterocycles. The maximum atomic E-state index is 6.61. The SMILES string of the molecule is Cc1c(Cl)cccc1C(Cl)c1ccc(CC(C)C)cc1. The van der Waals surface area contributed by atoms with E-state index in [4.69, 9.17) is 23.2 Å². The highest BCUT2D eigenvalue weighted by Gasteiger charge is 2.14. The van der Waals surface area contributed by atoms with Gasteiger partial charge in [0.1, 0.15) is 0 Å². The van der Waals surface area contributed by atoms with Crippen LogP contribution in [0.5, 0.6) is 0 Å². The van der Waals surface area contributed by atoms with E-state index in [2.05, 4.69) is 38.1 Å². The first-order valence-electron chi connectivity index (χ1n) is 6.97. The molecular formula is C18H20Cl2. The van der Waals surface area contributed by atoms with E-state index in [9.17, 15) is 0 Å². The van der Waals surface area contributed by atoms with Crippen molar-refractivity contribution in [1.82, 2.24) is 0 Å². The van der Waals surface area contributed by atoms with Gasteiger partial charge in [-0.05, 0) is 47.6 Å². The van der Waals surface area contributed by atoms with Crippen molar-refractivity contribution in [3.8, 4) is 0 Å². The van der Waals surface area contributed by atoms with Crippen molar-refractivity contribution in [2.24, 2.45) is 5.92 Å². The van der Waals surface area contributed by atoms with Crippen LogP contribution in [0.1, 0.15) is 41.5 Å².